The maximum atomic E-state index is 13.2. The number of nitriles is 1. The highest BCUT2D eigenvalue weighted by molar-refractivity contribution is 5.92. The molecule has 15 heavy (non-hydrogen) atoms. The zero-order chi connectivity index (χ0) is 11.3. The molecule has 0 aromatic heterocycles. The minimum absolute atomic E-state index is 0.000231. The summed E-state index contributed by atoms with van der Waals surface area (Å²) in [7, 11) is 0. The Balaban J connectivity index is 3.14. The Hall–Kier alpha value is -2.15. The van der Waals surface area contributed by atoms with Gasteiger partial charge in [0.2, 0.25) is 0 Å². The van der Waals surface area contributed by atoms with Crippen molar-refractivity contribution in [3.05, 3.63) is 41.2 Å². The fourth-order valence-electron chi connectivity index (χ4n) is 1.12. The molecule has 76 valence electrons. The van der Waals surface area contributed by atoms with Gasteiger partial charge < -0.3 is 5.11 Å². The van der Waals surface area contributed by atoms with E-state index in [1.165, 1.54) is 30.4 Å². The summed E-state index contributed by atoms with van der Waals surface area (Å²) in [5, 5.41) is 17.1. The Labute approximate surface area is 86.1 Å². The largest absolute Gasteiger partial charge is 0.478 e. The molecule has 0 fully saturated rings. The first kappa shape index (κ1) is 10.9. The standard InChI is InChI=1S/C11H8FNO2/c12-10-6-3-5-9(11(14)15)8(10)4-1-2-7-13/h1,3-6H,2H2,(H,14,15). The Morgan fingerprint density at radius 1 is 1.60 bits per heavy atom. The van der Waals surface area contributed by atoms with Crippen molar-refractivity contribution in [2.24, 2.45) is 0 Å². The quantitative estimate of drug-likeness (QED) is 0.824. The molecule has 0 atom stereocenters. The first-order valence-corrected chi connectivity index (χ1v) is 4.22. The van der Waals surface area contributed by atoms with E-state index in [9.17, 15) is 9.18 Å². The summed E-state index contributed by atoms with van der Waals surface area (Å²) in [6.07, 6.45) is 2.85. The summed E-state index contributed by atoms with van der Waals surface area (Å²) < 4.78 is 13.2. The van der Waals surface area contributed by atoms with Crippen molar-refractivity contribution in [3.8, 4) is 6.07 Å². The first-order valence-electron chi connectivity index (χ1n) is 4.22. The summed E-state index contributed by atoms with van der Waals surface area (Å²) in [6, 6.07) is 5.68. The maximum Gasteiger partial charge on any atom is 0.336 e. The van der Waals surface area contributed by atoms with Crippen LogP contribution in [-0.2, 0) is 0 Å². The molecule has 0 saturated heterocycles. The summed E-state index contributed by atoms with van der Waals surface area (Å²) in [6.45, 7) is 0. The zero-order valence-electron chi connectivity index (χ0n) is 7.77. The third-order valence-corrected chi connectivity index (χ3v) is 1.78. The van der Waals surface area contributed by atoms with Gasteiger partial charge in [-0.15, -0.1) is 0 Å². The van der Waals surface area contributed by atoms with Gasteiger partial charge in [-0.05, 0) is 12.1 Å². The molecule has 3 nitrogen and oxygen atoms in total. The van der Waals surface area contributed by atoms with Crippen LogP contribution in [0.15, 0.2) is 24.3 Å². The number of hydrogen-bond acceptors (Lipinski definition) is 2. The van der Waals surface area contributed by atoms with Crippen LogP contribution >= 0.6 is 0 Å². The second kappa shape index (κ2) is 4.91. The Morgan fingerprint density at radius 2 is 2.33 bits per heavy atom. The normalized spacial score (nSPS) is 10.1. The molecule has 0 radical (unpaired) electrons. The molecule has 0 amide bonds. The zero-order valence-corrected chi connectivity index (χ0v) is 7.77. The fourth-order valence-corrected chi connectivity index (χ4v) is 1.12. The molecule has 0 heterocycles. The lowest BCUT2D eigenvalue weighted by molar-refractivity contribution is 0.0696. The topological polar surface area (TPSA) is 61.1 Å². The van der Waals surface area contributed by atoms with Crippen molar-refractivity contribution in [2.45, 2.75) is 6.42 Å². The highest BCUT2D eigenvalue weighted by Crippen LogP contribution is 2.15. The Morgan fingerprint density at radius 3 is 2.93 bits per heavy atom. The number of hydrogen-bond donors (Lipinski definition) is 1. The van der Waals surface area contributed by atoms with Crippen molar-refractivity contribution in [3.63, 3.8) is 0 Å². The number of rotatable bonds is 3. The van der Waals surface area contributed by atoms with Crippen LogP contribution in [0.2, 0.25) is 0 Å². The van der Waals surface area contributed by atoms with E-state index >= 15 is 0 Å². The van der Waals surface area contributed by atoms with E-state index in [1.54, 1.807) is 0 Å². The Kier molecular flexibility index (Phi) is 3.58. The summed E-state index contributed by atoms with van der Waals surface area (Å²) in [5.41, 5.74) is -0.107. The van der Waals surface area contributed by atoms with Crippen molar-refractivity contribution in [1.82, 2.24) is 0 Å². The van der Waals surface area contributed by atoms with Crippen LogP contribution < -0.4 is 0 Å². The number of carbonyl (C=O) groups is 1. The summed E-state index contributed by atoms with van der Waals surface area (Å²) in [4.78, 5) is 10.7. The predicted molar refractivity (Wildman–Crippen MR) is 52.6 cm³/mol. The summed E-state index contributed by atoms with van der Waals surface area (Å²) in [5.74, 6) is -1.80. The van der Waals surface area contributed by atoms with E-state index in [-0.39, 0.29) is 17.5 Å². The SMILES string of the molecule is N#CCC=Cc1c(F)cccc1C(=O)O. The van der Waals surface area contributed by atoms with Crippen molar-refractivity contribution in [2.75, 3.05) is 0 Å². The van der Waals surface area contributed by atoms with Crippen LogP contribution in [0, 0.1) is 17.1 Å². The molecule has 0 spiro atoms. The second-order valence-electron chi connectivity index (χ2n) is 2.77. The van der Waals surface area contributed by atoms with Crippen LogP contribution in [0.25, 0.3) is 6.08 Å². The van der Waals surface area contributed by atoms with E-state index in [0.717, 1.165) is 0 Å². The van der Waals surface area contributed by atoms with Crippen LogP contribution in [0.3, 0.4) is 0 Å². The molecular formula is C11H8FNO2. The molecule has 1 rings (SSSR count). The van der Waals surface area contributed by atoms with Crippen molar-refractivity contribution >= 4 is 12.0 Å². The second-order valence-corrected chi connectivity index (χ2v) is 2.77. The maximum absolute atomic E-state index is 13.2. The monoisotopic (exact) mass is 205 g/mol. The molecule has 0 bridgehead atoms. The van der Waals surface area contributed by atoms with E-state index in [0.29, 0.717) is 0 Å². The molecule has 1 aromatic rings. The lowest BCUT2D eigenvalue weighted by atomic mass is 10.1. The predicted octanol–water partition coefficient (Wildman–Crippen LogP) is 2.45. The van der Waals surface area contributed by atoms with Crippen LogP contribution in [0.1, 0.15) is 22.3 Å². The molecule has 0 aliphatic rings. The van der Waals surface area contributed by atoms with Crippen molar-refractivity contribution in [1.29, 1.82) is 5.26 Å². The Bertz CT molecular complexity index is 446. The highest BCUT2D eigenvalue weighted by atomic mass is 19.1. The molecule has 1 N–H and O–H groups in total. The number of halogens is 1. The molecule has 0 aliphatic carbocycles. The van der Waals surface area contributed by atoms with Crippen LogP contribution in [0.5, 0.6) is 0 Å². The van der Waals surface area contributed by atoms with Gasteiger partial charge in [0.25, 0.3) is 0 Å². The van der Waals surface area contributed by atoms with E-state index < -0.39 is 11.8 Å². The van der Waals surface area contributed by atoms with E-state index in [2.05, 4.69) is 0 Å². The number of allylic oxidation sites excluding steroid dienone is 1. The molecule has 1 aromatic carbocycles. The minimum Gasteiger partial charge on any atom is -0.478 e. The number of nitrogens with zero attached hydrogens (tertiary/aromatic N) is 1. The number of carboxylic acid groups (broad SMARTS) is 1. The van der Waals surface area contributed by atoms with Crippen LogP contribution in [-0.4, -0.2) is 11.1 Å². The van der Waals surface area contributed by atoms with Gasteiger partial charge in [-0.1, -0.05) is 18.2 Å². The molecule has 4 heteroatoms. The number of benzene rings is 1. The number of aromatic carboxylic acids is 1. The minimum atomic E-state index is -1.19. The van der Waals surface area contributed by atoms with Gasteiger partial charge in [-0.25, -0.2) is 9.18 Å². The lowest BCUT2D eigenvalue weighted by Crippen LogP contribution is -2.01. The average Bonchev–Trinajstić information content (AvgIpc) is 2.20. The molecule has 0 unspecified atom stereocenters. The smallest absolute Gasteiger partial charge is 0.336 e. The van der Waals surface area contributed by atoms with Gasteiger partial charge in [-0.3, -0.25) is 0 Å². The highest BCUT2D eigenvalue weighted by Gasteiger charge is 2.10. The van der Waals surface area contributed by atoms with Gasteiger partial charge >= 0.3 is 5.97 Å². The van der Waals surface area contributed by atoms with Gasteiger partial charge in [0, 0.05) is 5.56 Å². The van der Waals surface area contributed by atoms with Gasteiger partial charge in [0.05, 0.1) is 18.1 Å². The lowest BCUT2D eigenvalue weighted by Gasteiger charge is -2.01. The van der Waals surface area contributed by atoms with E-state index in [4.69, 9.17) is 10.4 Å². The average molecular weight is 205 g/mol. The van der Waals surface area contributed by atoms with E-state index in [1.807, 2.05) is 6.07 Å². The first-order chi connectivity index (χ1) is 7.16. The fraction of sp³-hybridized carbons (Fsp3) is 0.0909. The van der Waals surface area contributed by atoms with Gasteiger partial charge in [0.15, 0.2) is 0 Å². The van der Waals surface area contributed by atoms with Gasteiger partial charge in [-0.2, -0.15) is 5.26 Å². The molecule has 0 aliphatic heterocycles. The van der Waals surface area contributed by atoms with Crippen molar-refractivity contribution < 1.29 is 14.3 Å². The number of carboxylic acids is 1. The third-order valence-electron chi connectivity index (χ3n) is 1.78. The molecule has 0 saturated carbocycles. The third kappa shape index (κ3) is 2.64. The van der Waals surface area contributed by atoms with Crippen LogP contribution in [0.4, 0.5) is 4.39 Å². The molecular weight excluding hydrogens is 197 g/mol. The van der Waals surface area contributed by atoms with Gasteiger partial charge in [0.1, 0.15) is 5.82 Å². The summed E-state index contributed by atoms with van der Waals surface area (Å²) >= 11 is 0.